The first kappa shape index (κ1) is 14.6. The van der Waals surface area contributed by atoms with Crippen molar-refractivity contribution < 1.29 is 17.9 Å². The fraction of sp³-hybridized carbons (Fsp3) is 0.417. The number of carbonyl (C=O) groups is 1. The molecule has 1 saturated carbocycles. The molecule has 0 spiro atoms. The molecule has 1 fully saturated rings. The summed E-state index contributed by atoms with van der Waals surface area (Å²) in [4.78, 5) is 11.1. The minimum Gasteiger partial charge on any atom is -0.452 e. The monoisotopic (exact) mass is 299 g/mol. The zero-order valence-electron chi connectivity index (χ0n) is 11.1. The van der Waals surface area contributed by atoms with Crippen LogP contribution in [0.5, 0.6) is 0 Å². The summed E-state index contributed by atoms with van der Waals surface area (Å²) >= 11 is 0. The number of nitrogens with two attached hydrogens (primary N) is 1. The summed E-state index contributed by atoms with van der Waals surface area (Å²) in [5.74, 6) is 0. The van der Waals surface area contributed by atoms with Crippen molar-refractivity contribution in [3.05, 3.63) is 29.8 Å². The highest BCUT2D eigenvalue weighted by molar-refractivity contribution is 7.87. The van der Waals surface area contributed by atoms with E-state index in [4.69, 9.17) is 5.73 Å². The second kappa shape index (κ2) is 5.68. The maximum atomic E-state index is 12.1. The van der Waals surface area contributed by atoms with Crippen LogP contribution in [-0.4, -0.2) is 32.0 Å². The van der Waals surface area contributed by atoms with Crippen LogP contribution in [0.25, 0.3) is 0 Å². The first-order valence-corrected chi connectivity index (χ1v) is 7.58. The summed E-state index contributed by atoms with van der Waals surface area (Å²) in [5, 5.41) is 0. The molecule has 0 saturated heterocycles. The third-order valence-corrected chi connectivity index (χ3v) is 4.45. The average molecular weight is 299 g/mol. The van der Waals surface area contributed by atoms with E-state index >= 15 is 0 Å². The molecule has 0 unspecified atom stereocenters. The van der Waals surface area contributed by atoms with E-state index in [-0.39, 0.29) is 12.6 Å². The highest BCUT2D eigenvalue weighted by Crippen LogP contribution is 2.30. The Balaban J connectivity index is 2.15. The molecule has 1 amide bonds. The Morgan fingerprint density at radius 1 is 1.40 bits per heavy atom. The number of benzene rings is 1. The van der Waals surface area contributed by atoms with Gasteiger partial charge in [0.05, 0.1) is 7.11 Å². The maximum absolute atomic E-state index is 12.1. The van der Waals surface area contributed by atoms with E-state index in [0.717, 1.165) is 25.5 Å². The van der Waals surface area contributed by atoms with Gasteiger partial charge < -0.3 is 10.5 Å². The van der Waals surface area contributed by atoms with Crippen molar-refractivity contribution >= 4 is 22.0 Å². The van der Waals surface area contributed by atoms with Gasteiger partial charge in [0.15, 0.2) is 0 Å². The number of hydrogen-bond donors (Lipinski definition) is 2. The van der Waals surface area contributed by atoms with Crippen LogP contribution in [0.4, 0.5) is 10.5 Å². The van der Waals surface area contributed by atoms with Crippen LogP contribution in [0.1, 0.15) is 18.4 Å². The second-order valence-electron chi connectivity index (χ2n) is 4.62. The average Bonchev–Trinajstić information content (AvgIpc) is 3.21. The summed E-state index contributed by atoms with van der Waals surface area (Å²) in [6, 6.07) is 6.87. The Labute approximate surface area is 117 Å². The van der Waals surface area contributed by atoms with Gasteiger partial charge in [0.2, 0.25) is 0 Å². The molecule has 8 heteroatoms. The van der Waals surface area contributed by atoms with Gasteiger partial charge in [-0.2, -0.15) is 12.7 Å². The Morgan fingerprint density at radius 2 is 2.00 bits per heavy atom. The molecule has 110 valence electrons. The highest BCUT2D eigenvalue weighted by atomic mass is 32.2. The van der Waals surface area contributed by atoms with Crippen molar-refractivity contribution in [2.24, 2.45) is 0 Å². The van der Waals surface area contributed by atoms with Crippen molar-refractivity contribution in [3.8, 4) is 0 Å². The third kappa shape index (κ3) is 3.61. The topological polar surface area (TPSA) is 102 Å². The SMILES string of the molecule is COC(=O)NS(=O)(=O)N(Cc1ccc(N)cc1)C1CC1. The molecular weight excluding hydrogens is 282 g/mol. The summed E-state index contributed by atoms with van der Waals surface area (Å²) in [7, 11) is -2.78. The molecule has 2 rings (SSSR count). The van der Waals surface area contributed by atoms with Gasteiger partial charge in [-0.3, -0.25) is 0 Å². The lowest BCUT2D eigenvalue weighted by Crippen LogP contribution is -2.44. The summed E-state index contributed by atoms with van der Waals surface area (Å²) in [6.07, 6.45) is 0.585. The largest absolute Gasteiger partial charge is 0.452 e. The van der Waals surface area contributed by atoms with Crippen molar-refractivity contribution in [1.82, 2.24) is 9.03 Å². The molecule has 0 heterocycles. The lowest BCUT2D eigenvalue weighted by molar-refractivity contribution is 0.176. The number of nitrogens with one attached hydrogen (secondary N) is 1. The van der Waals surface area contributed by atoms with Gasteiger partial charge in [-0.1, -0.05) is 12.1 Å². The molecule has 7 nitrogen and oxygen atoms in total. The fourth-order valence-corrected chi connectivity index (χ4v) is 3.12. The number of rotatable bonds is 5. The zero-order chi connectivity index (χ0) is 14.8. The first-order valence-electron chi connectivity index (χ1n) is 6.14. The summed E-state index contributed by atoms with van der Waals surface area (Å²) in [6.45, 7) is 0.192. The number of amides is 1. The van der Waals surface area contributed by atoms with Gasteiger partial charge in [0.1, 0.15) is 0 Å². The minimum atomic E-state index is -3.90. The number of nitrogens with zero attached hydrogens (tertiary/aromatic N) is 1. The van der Waals surface area contributed by atoms with Crippen LogP contribution in [0.2, 0.25) is 0 Å². The van der Waals surface area contributed by atoms with Gasteiger partial charge >= 0.3 is 16.3 Å². The summed E-state index contributed by atoms with van der Waals surface area (Å²) < 4.78 is 31.8. The highest BCUT2D eigenvalue weighted by Gasteiger charge is 2.38. The number of anilines is 1. The van der Waals surface area contributed by atoms with E-state index in [1.54, 1.807) is 24.3 Å². The fourth-order valence-electron chi connectivity index (χ4n) is 1.78. The van der Waals surface area contributed by atoms with Crippen LogP contribution < -0.4 is 10.5 Å². The minimum absolute atomic E-state index is 0.0743. The zero-order valence-corrected chi connectivity index (χ0v) is 11.9. The quantitative estimate of drug-likeness (QED) is 0.784. The van der Waals surface area contributed by atoms with Crippen LogP contribution in [0, 0.1) is 0 Å². The van der Waals surface area contributed by atoms with E-state index in [0.29, 0.717) is 5.69 Å². The molecule has 0 bridgehead atoms. The molecule has 0 aromatic heterocycles. The van der Waals surface area contributed by atoms with Crippen LogP contribution in [0.3, 0.4) is 0 Å². The van der Waals surface area contributed by atoms with E-state index in [1.165, 1.54) is 4.31 Å². The van der Waals surface area contributed by atoms with Crippen LogP contribution >= 0.6 is 0 Å². The van der Waals surface area contributed by atoms with Crippen molar-refractivity contribution in [2.75, 3.05) is 12.8 Å². The standard InChI is InChI=1S/C12H17N3O4S/c1-19-12(16)14-20(17,18)15(11-6-7-11)8-9-2-4-10(13)5-3-9/h2-5,11H,6-8,13H2,1H3,(H,14,16). The smallest absolute Gasteiger partial charge is 0.421 e. The molecule has 1 aliphatic rings. The van der Waals surface area contributed by atoms with Crippen molar-refractivity contribution in [3.63, 3.8) is 0 Å². The number of nitrogen functional groups attached to an aromatic ring is 1. The predicted octanol–water partition coefficient (Wildman–Crippen LogP) is 0.834. The van der Waals surface area contributed by atoms with Gasteiger partial charge in [0, 0.05) is 18.3 Å². The molecule has 3 N–H and O–H groups in total. The van der Waals surface area contributed by atoms with Crippen molar-refractivity contribution in [1.29, 1.82) is 0 Å². The molecule has 20 heavy (non-hydrogen) atoms. The number of ether oxygens (including phenoxy) is 1. The number of carbonyl (C=O) groups excluding carboxylic acids is 1. The number of hydrogen-bond acceptors (Lipinski definition) is 5. The van der Waals surface area contributed by atoms with E-state index in [1.807, 2.05) is 4.72 Å². The van der Waals surface area contributed by atoms with Crippen molar-refractivity contribution in [2.45, 2.75) is 25.4 Å². The maximum Gasteiger partial charge on any atom is 0.421 e. The normalized spacial score (nSPS) is 15.1. The van der Waals surface area contributed by atoms with Gasteiger partial charge in [-0.25, -0.2) is 9.52 Å². The van der Waals surface area contributed by atoms with Gasteiger partial charge in [0.25, 0.3) is 0 Å². The Hall–Kier alpha value is -1.80. The lowest BCUT2D eigenvalue weighted by atomic mass is 10.2. The number of methoxy groups -OCH3 is 1. The molecule has 1 aromatic rings. The Morgan fingerprint density at radius 3 is 2.50 bits per heavy atom. The Bertz CT molecular complexity index is 581. The molecule has 1 aliphatic carbocycles. The molecule has 1 aromatic carbocycles. The summed E-state index contributed by atoms with van der Waals surface area (Å²) in [5.41, 5.74) is 7.01. The van der Waals surface area contributed by atoms with Gasteiger partial charge in [-0.15, -0.1) is 0 Å². The molecular formula is C12H17N3O4S. The predicted molar refractivity (Wildman–Crippen MR) is 73.9 cm³/mol. The van der Waals surface area contributed by atoms with E-state index < -0.39 is 16.3 Å². The molecule has 0 atom stereocenters. The van der Waals surface area contributed by atoms with Crippen LogP contribution in [-0.2, 0) is 21.5 Å². The molecule has 0 radical (unpaired) electrons. The Kier molecular flexibility index (Phi) is 4.15. The lowest BCUT2D eigenvalue weighted by Gasteiger charge is -2.21. The molecule has 0 aliphatic heterocycles. The van der Waals surface area contributed by atoms with Crippen LogP contribution in [0.15, 0.2) is 24.3 Å². The van der Waals surface area contributed by atoms with Gasteiger partial charge in [-0.05, 0) is 30.5 Å². The van der Waals surface area contributed by atoms with E-state index in [2.05, 4.69) is 4.74 Å². The first-order chi connectivity index (χ1) is 9.42. The third-order valence-electron chi connectivity index (χ3n) is 2.98. The van der Waals surface area contributed by atoms with E-state index in [9.17, 15) is 13.2 Å². The second-order valence-corrected chi connectivity index (χ2v) is 6.24.